The van der Waals surface area contributed by atoms with Crippen molar-refractivity contribution in [2.45, 2.75) is 25.7 Å². The smallest absolute Gasteiger partial charge is 0.406 e. The predicted octanol–water partition coefficient (Wildman–Crippen LogP) is 2.26. The van der Waals surface area contributed by atoms with E-state index in [2.05, 4.69) is 19.8 Å². The van der Waals surface area contributed by atoms with Crippen LogP contribution >= 0.6 is 24.0 Å². The monoisotopic (exact) mass is 496 g/mol. The number of hydrogen-bond donors (Lipinski definition) is 3. The Kier molecular flexibility index (Phi) is 8.44. The highest BCUT2D eigenvalue weighted by atomic mass is 127. The first-order valence-corrected chi connectivity index (χ1v) is 8.57. The Morgan fingerprint density at radius 2 is 1.76 bits per heavy atom. The first-order chi connectivity index (χ1) is 10.8. The van der Waals surface area contributed by atoms with Crippen molar-refractivity contribution < 1.29 is 26.3 Å². The first kappa shape index (κ1) is 23.7. The second-order valence-corrected chi connectivity index (χ2v) is 7.41. The molecule has 0 amide bonds. The minimum Gasteiger partial charge on any atom is -0.406 e. The molecule has 0 radical (unpaired) electrons. The second-order valence-electron chi connectivity index (χ2n) is 5.66. The van der Waals surface area contributed by atoms with Crippen LogP contribution in [-0.4, -0.2) is 39.1 Å². The van der Waals surface area contributed by atoms with E-state index in [1.54, 1.807) is 13.8 Å². The Balaban J connectivity index is 0.00000576. The van der Waals surface area contributed by atoms with Crippen molar-refractivity contribution in [2.24, 2.45) is 10.7 Å². The molecule has 0 saturated heterocycles. The van der Waals surface area contributed by atoms with Gasteiger partial charge in [0.1, 0.15) is 5.75 Å². The van der Waals surface area contributed by atoms with Crippen molar-refractivity contribution in [3.8, 4) is 5.75 Å². The van der Waals surface area contributed by atoms with Gasteiger partial charge < -0.3 is 15.8 Å². The summed E-state index contributed by atoms with van der Waals surface area (Å²) in [5.41, 5.74) is 5.23. The van der Waals surface area contributed by atoms with Gasteiger partial charge in [-0.05, 0) is 38.1 Å². The van der Waals surface area contributed by atoms with E-state index in [0.717, 1.165) is 18.4 Å². The zero-order valence-electron chi connectivity index (χ0n) is 13.7. The molecule has 0 spiro atoms. The van der Waals surface area contributed by atoms with Gasteiger partial charge in [0.2, 0.25) is 10.0 Å². The highest BCUT2D eigenvalue weighted by molar-refractivity contribution is 14.0. The van der Waals surface area contributed by atoms with E-state index in [4.69, 9.17) is 5.73 Å². The second kappa shape index (κ2) is 8.89. The molecule has 0 aliphatic rings. The highest BCUT2D eigenvalue weighted by Crippen LogP contribution is 2.23. The van der Waals surface area contributed by atoms with Crippen molar-refractivity contribution >= 4 is 45.6 Å². The number of nitrogens with zero attached hydrogens (tertiary/aromatic N) is 1. The maximum atomic E-state index is 12.1. The molecule has 0 aliphatic heterocycles. The summed E-state index contributed by atoms with van der Waals surface area (Å²) in [5, 5.41) is 2.68. The number of benzene rings is 1. The van der Waals surface area contributed by atoms with E-state index < -0.39 is 21.9 Å². The molecule has 0 heterocycles. The number of sulfonamides is 1. The fraction of sp³-hybridized carbons (Fsp3) is 0.462. The van der Waals surface area contributed by atoms with E-state index in [9.17, 15) is 21.6 Å². The number of hydrogen-bond acceptors (Lipinski definition) is 4. The van der Waals surface area contributed by atoms with E-state index >= 15 is 0 Å². The van der Waals surface area contributed by atoms with Crippen LogP contribution in [0.1, 0.15) is 13.8 Å². The molecular formula is C13H20F3IN4O3S. The molecule has 0 fully saturated rings. The molecule has 12 heteroatoms. The van der Waals surface area contributed by atoms with Crippen LogP contribution in [0.2, 0.25) is 0 Å². The van der Waals surface area contributed by atoms with Crippen LogP contribution < -0.4 is 20.5 Å². The summed E-state index contributed by atoms with van der Waals surface area (Å²) in [6, 6.07) is 4.92. The molecule has 25 heavy (non-hydrogen) atoms. The summed E-state index contributed by atoms with van der Waals surface area (Å²) < 4.78 is 64.7. The zero-order chi connectivity index (χ0) is 18.6. The average molecular weight is 496 g/mol. The lowest BCUT2D eigenvalue weighted by Crippen LogP contribution is -2.45. The predicted molar refractivity (Wildman–Crippen MR) is 101 cm³/mol. The number of ether oxygens (including phenoxy) is 1. The Morgan fingerprint density at radius 1 is 1.24 bits per heavy atom. The molecule has 0 atom stereocenters. The van der Waals surface area contributed by atoms with Gasteiger partial charge in [-0.1, -0.05) is 0 Å². The molecular weight excluding hydrogens is 476 g/mol. The van der Waals surface area contributed by atoms with Gasteiger partial charge in [0, 0.05) is 11.2 Å². The summed E-state index contributed by atoms with van der Waals surface area (Å²) in [6.45, 7) is 3.33. The molecule has 144 valence electrons. The lowest BCUT2D eigenvalue weighted by atomic mass is 10.1. The third-order valence-corrected chi connectivity index (χ3v) is 3.39. The summed E-state index contributed by atoms with van der Waals surface area (Å²) in [7, 11) is -3.39. The maximum absolute atomic E-state index is 12.1. The number of aliphatic imine (C=N–C) groups is 1. The molecule has 1 aromatic rings. The molecule has 1 rings (SSSR count). The van der Waals surface area contributed by atoms with Gasteiger partial charge in [-0.15, -0.1) is 37.1 Å². The number of nitrogens with one attached hydrogen (secondary N) is 2. The van der Waals surface area contributed by atoms with Gasteiger partial charge in [-0.3, -0.25) is 4.99 Å². The number of guanidine groups is 1. The molecule has 7 nitrogen and oxygen atoms in total. The minimum atomic E-state index is -4.76. The van der Waals surface area contributed by atoms with Crippen LogP contribution in [0.15, 0.2) is 29.3 Å². The molecule has 0 aliphatic carbocycles. The average Bonchev–Trinajstić information content (AvgIpc) is 2.34. The van der Waals surface area contributed by atoms with Crippen molar-refractivity contribution in [1.82, 2.24) is 4.72 Å². The van der Waals surface area contributed by atoms with Gasteiger partial charge in [-0.2, -0.15) is 0 Å². The molecule has 4 N–H and O–H groups in total. The molecule has 0 bridgehead atoms. The SMILES string of the molecule is CC(C)(CN=C(N)Nc1ccc(OC(F)(F)F)cc1)NS(C)(=O)=O.I. The number of anilines is 1. The topological polar surface area (TPSA) is 106 Å². The maximum Gasteiger partial charge on any atom is 0.573 e. The van der Waals surface area contributed by atoms with Gasteiger partial charge in [0.15, 0.2) is 5.96 Å². The Morgan fingerprint density at radius 3 is 2.20 bits per heavy atom. The fourth-order valence-electron chi connectivity index (χ4n) is 1.74. The quantitative estimate of drug-likeness (QED) is 0.319. The Bertz CT molecular complexity index is 691. The molecule has 0 unspecified atom stereocenters. The van der Waals surface area contributed by atoms with Crippen LogP contribution in [-0.2, 0) is 10.0 Å². The third-order valence-electron chi connectivity index (χ3n) is 2.47. The van der Waals surface area contributed by atoms with Gasteiger partial charge in [-0.25, -0.2) is 13.1 Å². The van der Waals surface area contributed by atoms with Gasteiger partial charge in [0.25, 0.3) is 0 Å². The Labute approximate surface area is 161 Å². The van der Waals surface area contributed by atoms with Crippen molar-refractivity contribution in [1.29, 1.82) is 0 Å². The number of halogens is 4. The van der Waals surface area contributed by atoms with E-state index in [1.165, 1.54) is 12.1 Å². The normalized spacial score (nSPS) is 13.1. The van der Waals surface area contributed by atoms with Crippen molar-refractivity contribution in [3.05, 3.63) is 24.3 Å². The summed E-state index contributed by atoms with van der Waals surface area (Å²) >= 11 is 0. The van der Waals surface area contributed by atoms with Crippen molar-refractivity contribution in [2.75, 3.05) is 18.1 Å². The van der Waals surface area contributed by atoms with Gasteiger partial charge in [0.05, 0.1) is 12.8 Å². The largest absolute Gasteiger partial charge is 0.573 e. The standard InChI is InChI=1S/C13H19F3N4O3S.HI/c1-12(2,20-24(3,21)22)8-18-11(17)19-9-4-6-10(7-5-9)23-13(14,15)16;/h4-7,20H,8H2,1-3H3,(H3,17,18,19);1H. The number of nitrogens with two attached hydrogens (primary N) is 1. The van der Waals surface area contributed by atoms with Gasteiger partial charge >= 0.3 is 6.36 Å². The van der Waals surface area contributed by atoms with Crippen molar-refractivity contribution in [3.63, 3.8) is 0 Å². The van der Waals surface area contributed by atoms with E-state index in [1.807, 2.05) is 0 Å². The summed E-state index contributed by atoms with van der Waals surface area (Å²) in [4.78, 5) is 4.00. The van der Waals surface area contributed by atoms with E-state index in [0.29, 0.717) is 5.69 Å². The minimum absolute atomic E-state index is 0. The number of rotatable bonds is 6. The van der Waals surface area contributed by atoms with Crippen LogP contribution in [0.4, 0.5) is 18.9 Å². The Hall–Kier alpha value is -1.28. The molecule has 1 aromatic carbocycles. The molecule has 0 aromatic heterocycles. The first-order valence-electron chi connectivity index (χ1n) is 6.67. The van der Waals surface area contributed by atoms with E-state index in [-0.39, 0.29) is 42.2 Å². The lowest BCUT2D eigenvalue weighted by Gasteiger charge is -2.22. The van der Waals surface area contributed by atoms with Crippen LogP contribution in [0, 0.1) is 0 Å². The van der Waals surface area contributed by atoms with Crippen LogP contribution in [0.25, 0.3) is 0 Å². The molecule has 0 saturated carbocycles. The zero-order valence-corrected chi connectivity index (χ0v) is 16.9. The lowest BCUT2D eigenvalue weighted by molar-refractivity contribution is -0.274. The summed E-state index contributed by atoms with van der Waals surface area (Å²) in [5.74, 6) is -0.370. The highest BCUT2D eigenvalue weighted by Gasteiger charge is 2.30. The third kappa shape index (κ3) is 11.0. The van der Waals surface area contributed by atoms with Crippen LogP contribution in [0.5, 0.6) is 5.75 Å². The van der Waals surface area contributed by atoms with Crippen LogP contribution in [0.3, 0.4) is 0 Å². The summed E-state index contributed by atoms with van der Waals surface area (Å²) in [6.07, 6.45) is -3.72. The number of alkyl halides is 3. The fourth-order valence-corrected chi connectivity index (χ4v) is 2.81.